The van der Waals surface area contributed by atoms with Gasteiger partial charge in [-0.1, -0.05) is 0 Å². The fourth-order valence-electron chi connectivity index (χ4n) is 3.61. The molecule has 1 heterocycles. The zero-order valence-electron chi connectivity index (χ0n) is 20.6. The van der Waals surface area contributed by atoms with E-state index in [1.807, 2.05) is 0 Å². The maximum absolute atomic E-state index is 12.7. The second-order valence-electron chi connectivity index (χ2n) is 7.63. The van der Waals surface area contributed by atoms with Crippen molar-refractivity contribution in [3.63, 3.8) is 0 Å². The maximum atomic E-state index is 12.7. The molecule has 1 rings (SSSR count). The Balaban J connectivity index is 3.72. The van der Waals surface area contributed by atoms with Crippen molar-refractivity contribution >= 4 is 35.8 Å². The number of carbonyl (C=O) groups is 6. The van der Waals surface area contributed by atoms with Crippen LogP contribution in [0.3, 0.4) is 0 Å². The average molecular weight is 505 g/mol. The van der Waals surface area contributed by atoms with Crippen molar-refractivity contribution in [2.75, 3.05) is 20.8 Å². The SMILES string of the molecule is COC(=O)C1(OC)C[C@H](OC(C)=O)[C@@H](NC(C)=O)[C@H]([C@H](OC(C)=O)[C@@H](COC(C)=O)OC(C)=O)O1. The lowest BCUT2D eigenvalue weighted by Crippen LogP contribution is -2.69. The Morgan fingerprint density at radius 2 is 1.51 bits per heavy atom. The molecule has 0 aliphatic carbocycles. The summed E-state index contributed by atoms with van der Waals surface area (Å²) in [5.74, 6) is -6.96. The Morgan fingerprint density at radius 3 is 1.94 bits per heavy atom. The zero-order chi connectivity index (χ0) is 26.9. The minimum absolute atomic E-state index is 0.411. The lowest BCUT2D eigenvalue weighted by atomic mass is 9.88. The van der Waals surface area contributed by atoms with Crippen LogP contribution in [0.2, 0.25) is 0 Å². The number of hydrogen-bond acceptors (Lipinski definition) is 13. The van der Waals surface area contributed by atoms with Crippen LogP contribution in [0.15, 0.2) is 0 Å². The number of carbonyl (C=O) groups excluding carboxylic acids is 6. The lowest BCUT2D eigenvalue weighted by molar-refractivity contribution is -0.307. The van der Waals surface area contributed by atoms with E-state index >= 15 is 0 Å². The van der Waals surface area contributed by atoms with Gasteiger partial charge in [-0.25, -0.2) is 4.79 Å². The highest BCUT2D eigenvalue weighted by Crippen LogP contribution is 2.36. The summed E-state index contributed by atoms with van der Waals surface area (Å²) in [5.41, 5.74) is 0. The molecule has 0 aromatic rings. The van der Waals surface area contributed by atoms with E-state index in [4.69, 9.17) is 33.2 Å². The minimum Gasteiger partial charge on any atom is -0.465 e. The van der Waals surface area contributed by atoms with Gasteiger partial charge < -0.3 is 38.5 Å². The normalized spacial score (nSPS) is 25.3. The summed E-state index contributed by atoms with van der Waals surface area (Å²) in [6, 6.07) is -1.23. The van der Waals surface area contributed by atoms with Crippen LogP contribution in [0.25, 0.3) is 0 Å². The highest BCUT2D eigenvalue weighted by atomic mass is 16.7. The molecule has 14 nitrogen and oxygen atoms in total. The van der Waals surface area contributed by atoms with E-state index in [1.165, 1.54) is 6.92 Å². The molecular weight excluding hydrogens is 474 g/mol. The molecule has 1 N–H and O–H groups in total. The van der Waals surface area contributed by atoms with Crippen LogP contribution in [0.1, 0.15) is 41.0 Å². The van der Waals surface area contributed by atoms with E-state index < -0.39 is 85.0 Å². The molecule has 14 heteroatoms. The Kier molecular flexibility index (Phi) is 11.1. The molecule has 0 saturated carbocycles. The van der Waals surface area contributed by atoms with Crippen LogP contribution in [-0.2, 0) is 61.9 Å². The van der Waals surface area contributed by atoms with Crippen LogP contribution < -0.4 is 5.32 Å². The standard InChI is InChI=1S/C21H31NO13/c1-10(23)22-17-15(32-12(3)25)8-21(30-7,20(28)29-6)35-19(17)18(34-14(5)27)16(33-13(4)26)9-31-11(2)24/h15-19H,8-9H2,1-7H3,(H,22,23)/t15-,16+,17+,18+,19+,21?/m0/s1. The summed E-state index contributed by atoms with van der Waals surface area (Å²) in [5, 5.41) is 2.54. The first kappa shape index (κ1) is 29.8. The third-order valence-electron chi connectivity index (χ3n) is 4.82. The fraction of sp³-hybridized carbons (Fsp3) is 0.714. The number of ether oxygens (including phenoxy) is 7. The summed E-state index contributed by atoms with van der Waals surface area (Å²) >= 11 is 0. The molecule has 6 atom stereocenters. The van der Waals surface area contributed by atoms with Gasteiger partial charge in [-0.3, -0.25) is 24.0 Å². The van der Waals surface area contributed by atoms with Gasteiger partial charge >= 0.3 is 29.8 Å². The molecule has 1 aliphatic rings. The second-order valence-corrected chi connectivity index (χ2v) is 7.63. The Bertz CT molecular complexity index is 828. The van der Waals surface area contributed by atoms with Crippen LogP contribution in [0.5, 0.6) is 0 Å². The Hall–Kier alpha value is -3.26. The van der Waals surface area contributed by atoms with E-state index in [0.717, 1.165) is 41.9 Å². The summed E-state index contributed by atoms with van der Waals surface area (Å²) in [7, 11) is 2.19. The Morgan fingerprint density at radius 1 is 0.914 bits per heavy atom. The van der Waals surface area contributed by atoms with Crippen molar-refractivity contribution in [2.24, 2.45) is 0 Å². The van der Waals surface area contributed by atoms with Gasteiger partial charge in [0, 0.05) is 41.7 Å². The Labute approximate surface area is 201 Å². The maximum Gasteiger partial charge on any atom is 0.366 e. The molecule has 35 heavy (non-hydrogen) atoms. The van der Waals surface area contributed by atoms with Gasteiger partial charge in [0.05, 0.1) is 19.6 Å². The fourth-order valence-corrected chi connectivity index (χ4v) is 3.61. The van der Waals surface area contributed by atoms with Crippen LogP contribution in [0.4, 0.5) is 0 Å². The van der Waals surface area contributed by atoms with Gasteiger partial charge in [0.25, 0.3) is 5.79 Å². The van der Waals surface area contributed by atoms with Gasteiger partial charge in [-0.15, -0.1) is 0 Å². The number of hydrogen-bond donors (Lipinski definition) is 1. The monoisotopic (exact) mass is 505 g/mol. The molecule has 0 spiro atoms. The first-order valence-corrected chi connectivity index (χ1v) is 10.5. The summed E-state index contributed by atoms with van der Waals surface area (Å²) in [6.07, 6.45) is -6.22. The molecule has 0 aromatic heterocycles. The largest absolute Gasteiger partial charge is 0.465 e. The summed E-state index contributed by atoms with van der Waals surface area (Å²) in [6.45, 7) is 4.92. The molecule has 1 unspecified atom stereocenters. The quantitative estimate of drug-likeness (QED) is 0.287. The smallest absolute Gasteiger partial charge is 0.366 e. The van der Waals surface area contributed by atoms with Crippen molar-refractivity contribution in [1.29, 1.82) is 0 Å². The number of amides is 1. The minimum atomic E-state index is -2.17. The molecular formula is C21H31NO13. The third kappa shape index (κ3) is 8.47. The molecule has 1 amide bonds. The lowest BCUT2D eigenvalue weighted by Gasteiger charge is -2.48. The van der Waals surface area contributed by atoms with Gasteiger partial charge in [0.2, 0.25) is 5.91 Å². The first-order chi connectivity index (χ1) is 16.3. The van der Waals surface area contributed by atoms with Crippen molar-refractivity contribution in [1.82, 2.24) is 5.32 Å². The van der Waals surface area contributed by atoms with E-state index in [2.05, 4.69) is 5.32 Å². The van der Waals surface area contributed by atoms with Crippen molar-refractivity contribution in [3.8, 4) is 0 Å². The van der Waals surface area contributed by atoms with E-state index in [1.54, 1.807) is 0 Å². The first-order valence-electron chi connectivity index (χ1n) is 10.5. The molecule has 0 radical (unpaired) electrons. The van der Waals surface area contributed by atoms with Crippen LogP contribution in [-0.4, -0.2) is 92.8 Å². The topological polar surface area (TPSA) is 179 Å². The van der Waals surface area contributed by atoms with Crippen LogP contribution >= 0.6 is 0 Å². The number of methoxy groups -OCH3 is 2. The summed E-state index contributed by atoms with van der Waals surface area (Å²) < 4.78 is 36.9. The van der Waals surface area contributed by atoms with Crippen molar-refractivity contribution < 1.29 is 61.9 Å². The van der Waals surface area contributed by atoms with Gasteiger partial charge in [-0.05, 0) is 0 Å². The van der Waals surface area contributed by atoms with Gasteiger partial charge in [0.1, 0.15) is 18.8 Å². The average Bonchev–Trinajstić information content (AvgIpc) is 2.74. The molecule has 0 bridgehead atoms. The van der Waals surface area contributed by atoms with E-state index in [-0.39, 0.29) is 0 Å². The van der Waals surface area contributed by atoms with Crippen molar-refractivity contribution in [2.45, 2.75) is 77.3 Å². The number of rotatable bonds is 10. The van der Waals surface area contributed by atoms with Crippen LogP contribution in [0, 0.1) is 0 Å². The highest BCUT2D eigenvalue weighted by molar-refractivity contribution is 5.79. The molecule has 198 valence electrons. The number of esters is 5. The summed E-state index contributed by atoms with van der Waals surface area (Å²) in [4.78, 5) is 71.8. The molecule has 1 saturated heterocycles. The zero-order valence-corrected chi connectivity index (χ0v) is 20.6. The van der Waals surface area contributed by atoms with E-state index in [9.17, 15) is 28.8 Å². The van der Waals surface area contributed by atoms with Gasteiger partial charge in [0.15, 0.2) is 12.2 Å². The highest BCUT2D eigenvalue weighted by Gasteiger charge is 2.58. The third-order valence-corrected chi connectivity index (χ3v) is 4.82. The molecule has 1 fully saturated rings. The molecule has 1 aliphatic heterocycles. The predicted molar refractivity (Wildman–Crippen MR) is 112 cm³/mol. The van der Waals surface area contributed by atoms with Gasteiger partial charge in [-0.2, -0.15) is 0 Å². The second kappa shape index (κ2) is 13.0. The number of nitrogens with one attached hydrogen (secondary N) is 1. The molecule has 0 aromatic carbocycles. The van der Waals surface area contributed by atoms with E-state index in [0.29, 0.717) is 0 Å². The predicted octanol–water partition coefficient (Wildman–Crippen LogP) is -0.846. The van der Waals surface area contributed by atoms with Crippen molar-refractivity contribution in [3.05, 3.63) is 0 Å².